The Hall–Kier alpha value is -3.45. The zero-order valence-corrected chi connectivity index (χ0v) is 18.5. The third kappa shape index (κ3) is 5.23. The summed E-state index contributed by atoms with van der Waals surface area (Å²) in [4.78, 5) is 17.4. The lowest BCUT2D eigenvalue weighted by Gasteiger charge is -2.11. The van der Waals surface area contributed by atoms with Crippen LogP contribution in [0.5, 0.6) is 0 Å². The van der Waals surface area contributed by atoms with E-state index in [9.17, 15) is 13.2 Å². The van der Waals surface area contributed by atoms with Gasteiger partial charge in [0.25, 0.3) is 0 Å². The molecule has 0 spiro atoms. The van der Waals surface area contributed by atoms with E-state index in [1.807, 2.05) is 42.5 Å². The van der Waals surface area contributed by atoms with Crippen LogP contribution >= 0.6 is 0 Å². The molecule has 1 N–H and O–H groups in total. The van der Waals surface area contributed by atoms with Crippen molar-refractivity contribution in [3.8, 4) is 0 Å². The van der Waals surface area contributed by atoms with Crippen LogP contribution in [0.15, 0.2) is 89.8 Å². The molecule has 0 aliphatic heterocycles. The predicted octanol–water partition coefficient (Wildman–Crippen LogP) is 3.76. The van der Waals surface area contributed by atoms with E-state index in [1.165, 1.54) is 5.56 Å². The van der Waals surface area contributed by atoms with Gasteiger partial charge in [-0.25, -0.2) is 13.4 Å². The quantitative estimate of drug-likeness (QED) is 0.396. The van der Waals surface area contributed by atoms with Gasteiger partial charge >= 0.3 is 0 Å². The highest BCUT2D eigenvalue weighted by molar-refractivity contribution is 7.90. The van der Waals surface area contributed by atoms with Gasteiger partial charge in [-0.1, -0.05) is 60.7 Å². The van der Waals surface area contributed by atoms with Crippen molar-refractivity contribution in [3.63, 3.8) is 0 Å². The van der Waals surface area contributed by atoms with Gasteiger partial charge in [-0.3, -0.25) is 4.79 Å². The average molecular weight is 448 g/mol. The summed E-state index contributed by atoms with van der Waals surface area (Å²) in [6, 6.07) is 25.8. The highest BCUT2D eigenvalue weighted by Gasteiger charge is 2.21. The van der Waals surface area contributed by atoms with E-state index in [2.05, 4.69) is 22.4 Å². The van der Waals surface area contributed by atoms with E-state index in [-0.39, 0.29) is 23.1 Å². The zero-order chi connectivity index (χ0) is 22.4. The van der Waals surface area contributed by atoms with Gasteiger partial charge in [-0.15, -0.1) is 0 Å². The summed E-state index contributed by atoms with van der Waals surface area (Å²) >= 11 is 0. The minimum atomic E-state index is -3.59. The Morgan fingerprint density at radius 3 is 2.28 bits per heavy atom. The Balaban J connectivity index is 1.47. The molecule has 1 heterocycles. The largest absolute Gasteiger partial charge is 0.355 e. The van der Waals surface area contributed by atoms with Crippen molar-refractivity contribution >= 4 is 26.8 Å². The van der Waals surface area contributed by atoms with Gasteiger partial charge in [-0.05, 0) is 42.7 Å². The molecule has 0 aliphatic rings. The highest BCUT2D eigenvalue weighted by Crippen LogP contribution is 2.21. The van der Waals surface area contributed by atoms with E-state index in [0.29, 0.717) is 17.9 Å². The maximum atomic E-state index is 12.9. The average Bonchev–Trinajstić information content (AvgIpc) is 3.14. The van der Waals surface area contributed by atoms with Gasteiger partial charge < -0.3 is 9.88 Å². The third-order valence-corrected chi connectivity index (χ3v) is 6.89. The topological polar surface area (TPSA) is 81.1 Å². The van der Waals surface area contributed by atoms with E-state index in [0.717, 1.165) is 18.4 Å². The molecule has 1 aromatic heterocycles. The minimum absolute atomic E-state index is 0.0193. The summed E-state index contributed by atoms with van der Waals surface area (Å²) < 4.78 is 27.5. The number of aromatic nitrogens is 2. The number of sulfone groups is 1. The van der Waals surface area contributed by atoms with Gasteiger partial charge in [-0.2, -0.15) is 0 Å². The van der Waals surface area contributed by atoms with E-state index < -0.39 is 9.84 Å². The number of hydrogen-bond donors (Lipinski definition) is 1. The monoisotopic (exact) mass is 447 g/mol. The lowest BCUT2D eigenvalue weighted by molar-refractivity contribution is -0.121. The molecule has 32 heavy (non-hydrogen) atoms. The van der Waals surface area contributed by atoms with Crippen molar-refractivity contribution in [1.29, 1.82) is 0 Å². The van der Waals surface area contributed by atoms with Gasteiger partial charge in [0.15, 0.2) is 9.84 Å². The molecule has 6 nitrogen and oxygen atoms in total. The molecule has 0 unspecified atom stereocenters. The second-order valence-corrected chi connectivity index (χ2v) is 9.60. The standard InChI is InChI=1S/C25H25N3O3S/c29-25(26-17-9-12-20-10-3-1-4-11-20)18-28-23-16-8-7-15-22(23)27-24(28)19-32(30,31)21-13-5-2-6-14-21/h1-8,10-11,13-16H,9,12,17-19H2,(H,26,29). The van der Waals surface area contributed by atoms with Crippen LogP contribution in [0.3, 0.4) is 0 Å². The fraction of sp³-hybridized carbons (Fsp3) is 0.200. The van der Waals surface area contributed by atoms with Crippen LogP contribution in [0.25, 0.3) is 11.0 Å². The van der Waals surface area contributed by atoms with Gasteiger partial charge in [0.1, 0.15) is 18.1 Å². The number of benzene rings is 3. The number of imidazole rings is 1. The SMILES string of the molecule is O=C(Cn1c(CS(=O)(=O)c2ccccc2)nc2ccccc21)NCCCc1ccccc1. The molecule has 0 saturated carbocycles. The van der Waals surface area contributed by atoms with Crippen molar-refractivity contribution in [2.75, 3.05) is 6.54 Å². The second kappa shape index (κ2) is 9.78. The summed E-state index contributed by atoms with van der Waals surface area (Å²) in [6.07, 6.45) is 1.71. The molecule has 0 saturated heterocycles. The smallest absolute Gasteiger partial charge is 0.240 e. The maximum absolute atomic E-state index is 12.9. The van der Waals surface area contributed by atoms with E-state index in [1.54, 1.807) is 34.9 Å². The van der Waals surface area contributed by atoms with Crippen LogP contribution in [0.2, 0.25) is 0 Å². The number of carbonyl (C=O) groups excluding carboxylic acids is 1. The first-order chi connectivity index (χ1) is 15.5. The first-order valence-corrected chi connectivity index (χ1v) is 12.2. The van der Waals surface area contributed by atoms with E-state index >= 15 is 0 Å². The maximum Gasteiger partial charge on any atom is 0.240 e. The Labute approximate surface area is 187 Å². The van der Waals surface area contributed by atoms with Crippen LogP contribution in [-0.4, -0.2) is 30.4 Å². The molecule has 0 bridgehead atoms. The molecule has 4 aromatic rings. The first-order valence-electron chi connectivity index (χ1n) is 10.6. The Morgan fingerprint density at radius 2 is 1.53 bits per heavy atom. The van der Waals surface area contributed by atoms with Gasteiger partial charge in [0, 0.05) is 6.54 Å². The number of para-hydroxylation sites is 2. The summed E-state index contributed by atoms with van der Waals surface area (Å²) in [5.74, 6) is -0.0819. The van der Waals surface area contributed by atoms with Crippen molar-refractivity contribution < 1.29 is 13.2 Å². The minimum Gasteiger partial charge on any atom is -0.355 e. The fourth-order valence-corrected chi connectivity index (χ4v) is 4.96. The van der Waals surface area contributed by atoms with Crippen molar-refractivity contribution in [2.24, 2.45) is 0 Å². The summed E-state index contributed by atoms with van der Waals surface area (Å²) in [7, 11) is -3.59. The van der Waals surface area contributed by atoms with Crippen molar-refractivity contribution in [2.45, 2.75) is 30.0 Å². The predicted molar refractivity (Wildman–Crippen MR) is 125 cm³/mol. The zero-order valence-electron chi connectivity index (χ0n) is 17.6. The summed E-state index contributed by atoms with van der Waals surface area (Å²) in [5.41, 5.74) is 2.64. The van der Waals surface area contributed by atoms with Crippen LogP contribution in [0.4, 0.5) is 0 Å². The first kappa shape index (κ1) is 21.8. The van der Waals surface area contributed by atoms with Crippen LogP contribution in [0.1, 0.15) is 17.8 Å². The highest BCUT2D eigenvalue weighted by atomic mass is 32.2. The van der Waals surface area contributed by atoms with E-state index in [4.69, 9.17) is 0 Å². The molecular weight excluding hydrogens is 422 g/mol. The molecular formula is C25H25N3O3S. The lowest BCUT2D eigenvalue weighted by Crippen LogP contribution is -2.29. The molecule has 4 rings (SSSR count). The number of rotatable bonds is 9. The van der Waals surface area contributed by atoms with Crippen LogP contribution < -0.4 is 5.32 Å². The third-order valence-electron chi connectivity index (χ3n) is 5.26. The number of amides is 1. The van der Waals surface area contributed by atoms with Crippen molar-refractivity contribution in [1.82, 2.24) is 14.9 Å². The van der Waals surface area contributed by atoms with Crippen LogP contribution in [-0.2, 0) is 33.4 Å². The normalized spacial score (nSPS) is 11.5. The second-order valence-electron chi connectivity index (χ2n) is 7.61. The lowest BCUT2D eigenvalue weighted by atomic mass is 10.1. The molecule has 0 radical (unpaired) electrons. The fourth-order valence-electron chi connectivity index (χ4n) is 3.66. The van der Waals surface area contributed by atoms with Crippen LogP contribution in [0, 0.1) is 0 Å². The molecule has 1 amide bonds. The Morgan fingerprint density at radius 1 is 0.875 bits per heavy atom. The Bertz CT molecular complexity index is 1300. The summed E-state index contributed by atoms with van der Waals surface area (Å²) in [6.45, 7) is 0.573. The molecule has 3 aromatic carbocycles. The molecule has 0 aliphatic carbocycles. The number of aryl methyl sites for hydroxylation is 1. The number of hydrogen-bond acceptors (Lipinski definition) is 4. The van der Waals surface area contributed by atoms with Gasteiger partial charge in [0.2, 0.25) is 5.91 Å². The number of nitrogens with one attached hydrogen (secondary N) is 1. The van der Waals surface area contributed by atoms with Crippen molar-refractivity contribution in [3.05, 3.63) is 96.3 Å². The summed E-state index contributed by atoms with van der Waals surface area (Å²) in [5, 5.41) is 2.94. The van der Waals surface area contributed by atoms with Gasteiger partial charge in [0.05, 0.1) is 15.9 Å². The number of nitrogens with zero attached hydrogens (tertiary/aromatic N) is 2. The molecule has 164 valence electrons. The Kier molecular flexibility index (Phi) is 6.66. The molecule has 0 atom stereocenters. The number of fused-ring (bicyclic) bond motifs is 1. The number of carbonyl (C=O) groups is 1. The molecule has 7 heteroatoms. The molecule has 0 fully saturated rings.